The fourth-order valence-electron chi connectivity index (χ4n) is 0. The van der Waals surface area contributed by atoms with E-state index in [0.717, 1.165) is 0 Å². The molecule has 0 aliphatic heterocycles. The molecule has 0 aliphatic carbocycles. The Morgan fingerprint density at radius 3 is 1.50 bits per heavy atom. The normalized spacial score (nSPS) is 5.00. The van der Waals surface area contributed by atoms with E-state index >= 15 is 0 Å². The monoisotopic (exact) mass is 95.0 g/mol. The molecule has 0 heterocycles. The highest BCUT2D eigenvalue weighted by atomic mass is 16.9. The number of nitrogens with two attached hydrogens (primary N) is 1. The SMILES string of the molecule is N[NH3+].O=[N+]([O-])[O-]. The quantitative estimate of drug-likeness (QED) is 0.202. The van der Waals surface area contributed by atoms with Gasteiger partial charge in [0.15, 0.2) is 0 Å². The number of rotatable bonds is 0. The molecule has 38 valence electrons. The average Bonchev–Trinajstić information content (AvgIpc) is 1.41. The van der Waals surface area contributed by atoms with Crippen molar-refractivity contribution in [1.82, 2.24) is 0 Å². The van der Waals surface area contributed by atoms with E-state index in [0.29, 0.717) is 0 Å². The molecule has 0 aromatic carbocycles. The lowest BCUT2D eigenvalue weighted by molar-refractivity contribution is -0.402. The Balaban J connectivity index is 0. The molecule has 0 amide bonds. The molecule has 6 heteroatoms. The van der Waals surface area contributed by atoms with Crippen molar-refractivity contribution in [2.45, 2.75) is 0 Å². The first-order valence-electron chi connectivity index (χ1n) is 0.956. The molecule has 0 aromatic heterocycles. The van der Waals surface area contributed by atoms with E-state index in [-0.39, 0.29) is 0 Å². The van der Waals surface area contributed by atoms with Crippen LogP contribution < -0.4 is 11.7 Å². The Hall–Kier alpha value is -0.880. The Morgan fingerprint density at radius 1 is 1.50 bits per heavy atom. The van der Waals surface area contributed by atoms with Gasteiger partial charge in [-0.15, -0.1) is 0 Å². The van der Waals surface area contributed by atoms with Crippen molar-refractivity contribution in [2.24, 2.45) is 5.84 Å². The molecule has 0 saturated carbocycles. The molecule has 6 heavy (non-hydrogen) atoms. The first-order valence-corrected chi connectivity index (χ1v) is 0.956. The molecule has 6 nitrogen and oxygen atoms in total. The third kappa shape index (κ3) is 18.1. The lowest BCUT2D eigenvalue weighted by Crippen LogP contribution is -2.59. The van der Waals surface area contributed by atoms with Gasteiger partial charge in [0.2, 0.25) is 0 Å². The van der Waals surface area contributed by atoms with E-state index in [9.17, 15) is 0 Å². The van der Waals surface area contributed by atoms with E-state index in [2.05, 4.69) is 11.7 Å². The van der Waals surface area contributed by atoms with Gasteiger partial charge >= 0.3 is 0 Å². The van der Waals surface area contributed by atoms with Gasteiger partial charge in [0, 0.05) is 0 Å². The van der Waals surface area contributed by atoms with E-state index < -0.39 is 5.09 Å². The number of nitrogens with zero attached hydrogens (tertiary/aromatic N) is 1. The van der Waals surface area contributed by atoms with Gasteiger partial charge in [0.05, 0.1) is 5.09 Å². The maximum atomic E-state index is 8.25. The van der Waals surface area contributed by atoms with E-state index in [1.165, 1.54) is 0 Å². The fourth-order valence-corrected chi connectivity index (χ4v) is 0. The average molecular weight is 95.1 g/mol. The van der Waals surface area contributed by atoms with Gasteiger partial charge in [0.1, 0.15) is 0 Å². The predicted molar refractivity (Wildman–Crippen MR) is 17.4 cm³/mol. The van der Waals surface area contributed by atoms with Crippen molar-refractivity contribution in [3.63, 3.8) is 0 Å². The molecular weight excluding hydrogens is 90.0 g/mol. The lowest BCUT2D eigenvalue weighted by atomic mass is 13.0. The maximum Gasteiger partial charge on any atom is 0.0689 e. The van der Waals surface area contributed by atoms with E-state index in [1.807, 2.05) is 0 Å². The second kappa shape index (κ2) is 8.92. The van der Waals surface area contributed by atoms with E-state index in [1.54, 1.807) is 0 Å². The molecule has 5 N–H and O–H groups in total. The van der Waals surface area contributed by atoms with Crippen LogP contribution in [0.4, 0.5) is 0 Å². The molecule has 0 spiro atoms. The van der Waals surface area contributed by atoms with Crippen molar-refractivity contribution >= 4 is 0 Å². The minimum Gasteiger partial charge on any atom is -0.356 e. The van der Waals surface area contributed by atoms with Crippen LogP contribution in [-0.4, -0.2) is 5.09 Å². The van der Waals surface area contributed by atoms with Crippen molar-refractivity contribution in [3.8, 4) is 0 Å². The van der Waals surface area contributed by atoms with Crippen LogP contribution >= 0.6 is 0 Å². The molecule has 0 unspecified atom stereocenters. The highest BCUT2D eigenvalue weighted by Gasteiger charge is 1.45. The fraction of sp³-hybridized carbons (Fsp3) is 0. The highest BCUT2D eigenvalue weighted by molar-refractivity contribution is 4.03. The van der Waals surface area contributed by atoms with Crippen molar-refractivity contribution < 1.29 is 10.9 Å². The summed E-state index contributed by atoms with van der Waals surface area (Å²) in [5.41, 5.74) is 0. The molecule has 0 rings (SSSR count). The Bertz CT molecular complexity index is 29.0. The molecule has 0 radical (unpaired) electrons. The van der Waals surface area contributed by atoms with Gasteiger partial charge in [-0.2, -0.15) is 5.84 Å². The Morgan fingerprint density at radius 2 is 1.50 bits per heavy atom. The summed E-state index contributed by atoms with van der Waals surface area (Å²) in [6, 6.07) is 0. The van der Waals surface area contributed by atoms with Crippen molar-refractivity contribution in [3.05, 3.63) is 15.3 Å². The zero-order valence-electron chi connectivity index (χ0n) is 2.96. The molecular formula is H5N3O3. The van der Waals surface area contributed by atoms with Crippen LogP contribution in [0.25, 0.3) is 0 Å². The Labute approximate surface area is 33.4 Å². The second-order valence-corrected chi connectivity index (χ2v) is 0.224. The number of quaternary nitrogens is 1. The summed E-state index contributed by atoms with van der Waals surface area (Å²) in [4.78, 5) is 8.25. The highest BCUT2D eigenvalue weighted by Crippen LogP contribution is 1.44. The summed E-state index contributed by atoms with van der Waals surface area (Å²) in [6.07, 6.45) is 0. The summed E-state index contributed by atoms with van der Waals surface area (Å²) in [7, 11) is 0. The van der Waals surface area contributed by atoms with Crippen LogP contribution in [-0.2, 0) is 0 Å². The molecule has 0 atom stereocenters. The zero-order chi connectivity index (χ0) is 5.58. The molecule has 0 aromatic rings. The predicted octanol–water partition coefficient (Wildman–Crippen LogP) is -2.14. The van der Waals surface area contributed by atoms with Crippen LogP contribution in [0.3, 0.4) is 0 Å². The van der Waals surface area contributed by atoms with Gasteiger partial charge in [-0.25, -0.2) is 0 Å². The first-order chi connectivity index (χ1) is 2.73. The molecule has 0 aliphatic rings. The lowest BCUT2D eigenvalue weighted by Gasteiger charge is -1.74. The minimum atomic E-state index is -1.75. The van der Waals surface area contributed by atoms with Crippen LogP contribution in [0.15, 0.2) is 0 Å². The summed E-state index contributed by atoms with van der Waals surface area (Å²) in [5.74, 6) is 7.00. The van der Waals surface area contributed by atoms with Crippen LogP contribution in [0, 0.1) is 15.3 Å². The van der Waals surface area contributed by atoms with Gasteiger partial charge in [-0.1, -0.05) is 0 Å². The van der Waals surface area contributed by atoms with Crippen molar-refractivity contribution in [1.29, 1.82) is 0 Å². The smallest absolute Gasteiger partial charge is 0.0689 e. The van der Waals surface area contributed by atoms with Gasteiger partial charge in [0.25, 0.3) is 0 Å². The van der Waals surface area contributed by atoms with Crippen LogP contribution in [0.2, 0.25) is 0 Å². The largest absolute Gasteiger partial charge is 0.356 e. The number of hydrogen-bond acceptors (Lipinski definition) is 4. The number of hydrogen-bond donors (Lipinski definition) is 2. The topological polar surface area (TPSA) is 120 Å². The third-order valence-electron chi connectivity index (χ3n) is 0. The van der Waals surface area contributed by atoms with Gasteiger partial charge in [-0.3, -0.25) is 5.84 Å². The summed E-state index contributed by atoms with van der Waals surface area (Å²) in [5, 5.41) is 14.8. The third-order valence-corrected chi connectivity index (χ3v) is 0. The second-order valence-electron chi connectivity index (χ2n) is 0.224. The van der Waals surface area contributed by atoms with Gasteiger partial charge < -0.3 is 15.3 Å². The van der Waals surface area contributed by atoms with Crippen LogP contribution in [0.5, 0.6) is 0 Å². The van der Waals surface area contributed by atoms with Crippen molar-refractivity contribution in [2.75, 3.05) is 0 Å². The standard InChI is InChI=1S/H4N2.NO3/c1-2;2-1(3)4/h1-2H2;/q;-1/p+1. The Kier molecular flexibility index (Phi) is 13.3. The summed E-state index contributed by atoms with van der Waals surface area (Å²) < 4.78 is 0. The molecule has 0 fully saturated rings. The minimum absolute atomic E-state index is 1.75. The summed E-state index contributed by atoms with van der Waals surface area (Å²) in [6.45, 7) is 0. The zero-order valence-corrected chi connectivity index (χ0v) is 2.96. The molecule has 0 bridgehead atoms. The maximum absolute atomic E-state index is 8.25. The molecule has 0 saturated heterocycles. The van der Waals surface area contributed by atoms with E-state index in [4.69, 9.17) is 15.3 Å². The first kappa shape index (κ1) is 8.93. The summed E-state index contributed by atoms with van der Waals surface area (Å²) >= 11 is 0. The van der Waals surface area contributed by atoms with Crippen LogP contribution in [0.1, 0.15) is 0 Å². The van der Waals surface area contributed by atoms with Gasteiger partial charge in [-0.05, 0) is 0 Å².